The van der Waals surface area contributed by atoms with Crippen LogP contribution < -0.4 is 9.47 Å². The van der Waals surface area contributed by atoms with Crippen molar-refractivity contribution in [2.24, 2.45) is 0 Å². The summed E-state index contributed by atoms with van der Waals surface area (Å²) in [5, 5.41) is 81.6. The smallest absolute Gasteiger partial charge is 0.229 e. The van der Waals surface area contributed by atoms with Crippen LogP contribution in [-0.2, 0) is 10.5 Å². The molecule has 2 heterocycles. The Morgan fingerprint density at radius 2 is 1.52 bits per heavy atom. The molecule has 0 spiro atoms. The van der Waals surface area contributed by atoms with Crippen molar-refractivity contribution in [2.75, 3.05) is 6.61 Å². The molecule has 0 saturated carbocycles. The Morgan fingerprint density at radius 3 is 2.23 bits per heavy atom. The lowest BCUT2D eigenvalue weighted by molar-refractivity contribution is -0.277. The quantitative estimate of drug-likeness (QED) is 0.190. The van der Waals surface area contributed by atoms with Gasteiger partial charge in [0.2, 0.25) is 6.29 Å². The molecule has 3 aromatic carbocycles. The molecule has 0 aliphatic carbocycles. The number of hydrogen-bond donors (Lipinski definition) is 8. The predicted molar refractivity (Wildman–Crippen MR) is 142 cm³/mol. The number of ether oxygens (including phenoxy) is 3. The van der Waals surface area contributed by atoms with Crippen LogP contribution in [0, 0.1) is 0 Å². The van der Waals surface area contributed by atoms with Crippen LogP contribution >= 0.6 is 11.8 Å². The second-order valence-corrected chi connectivity index (χ2v) is 10.8. The lowest BCUT2D eigenvalue weighted by Gasteiger charge is -2.40. The first-order valence-electron chi connectivity index (χ1n) is 12.5. The maximum absolute atomic E-state index is 11.4. The first kappa shape index (κ1) is 28.3. The third kappa shape index (κ3) is 5.52. The molecule has 0 aromatic heterocycles. The summed E-state index contributed by atoms with van der Waals surface area (Å²) in [7, 11) is 0. The lowest BCUT2D eigenvalue weighted by atomic mass is 9.93. The van der Waals surface area contributed by atoms with Gasteiger partial charge in [-0.1, -0.05) is 36.4 Å². The van der Waals surface area contributed by atoms with Gasteiger partial charge < -0.3 is 55.1 Å². The van der Waals surface area contributed by atoms with Gasteiger partial charge in [-0.15, -0.1) is 11.8 Å². The third-order valence-corrected chi connectivity index (χ3v) is 8.33. The van der Waals surface area contributed by atoms with Crippen molar-refractivity contribution in [1.29, 1.82) is 0 Å². The molecule has 1 fully saturated rings. The van der Waals surface area contributed by atoms with Crippen LogP contribution in [0.25, 0.3) is 0 Å². The van der Waals surface area contributed by atoms with Crippen LogP contribution in [0.15, 0.2) is 60.7 Å². The summed E-state index contributed by atoms with van der Waals surface area (Å²) in [5.41, 5.74) is 1.67. The molecule has 2 aliphatic rings. The minimum Gasteiger partial charge on any atom is -0.507 e. The average Bonchev–Trinajstić information content (AvgIpc) is 2.95. The van der Waals surface area contributed by atoms with Crippen molar-refractivity contribution >= 4 is 11.8 Å². The fourth-order valence-electron chi connectivity index (χ4n) is 4.80. The summed E-state index contributed by atoms with van der Waals surface area (Å²) in [4.78, 5) is 0. The molecule has 11 nitrogen and oxygen atoms in total. The highest BCUT2D eigenvalue weighted by Crippen LogP contribution is 2.53. The summed E-state index contributed by atoms with van der Waals surface area (Å²) in [5.74, 6) is -0.372. The van der Waals surface area contributed by atoms with Crippen molar-refractivity contribution in [3.05, 3.63) is 77.4 Å². The van der Waals surface area contributed by atoms with E-state index in [2.05, 4.69) is 0 Å². The Balaban J connectivity index is 1.48. The highest BCUT2D eigenvalue weighted by Gasteiger charge is 2.45. The van der Waals surface area contributed by atoms with Crippen LogP contribution in [0.1, 0.15) is 28.0 Å². The molecular weight excluding hydrogens is 544 g/mol. The molecule has 8 N–H and O–H groups in total. The van der Waals surface area contributed by atoms with Gasteiger partial charge in [-0.05, 0) is 23.3 Å². The van der Waals surface area contributed by atoms with E-state index in [1.54, 1.807) is 0 Å². The van der Waals surface area contributed by atoms with E-state index in [1.807, 2.05) is 30.3 Å². The maximum atomic E-state index is 11.4. The van der Waals surface area contributed by atoms with E-state index >= 15 is 0 Å². The normalized spacial score (nSPS) is 29.8. The summed E-state index contributed by atoms with van der Waals surface area (Å²) in [6, 6.07) is 16.3. The van der Waals surface area contributed by atoms with Gasteiger partial charge in [0.05, 0.1) is 17.4 Å². The summed E-state index contributed by atoms with van der Waals surface area (Å²) in [6.07, 6.45) is -9.74. The molecule has 214 valence electrons. The summed E-state index contributed by atoms with van der Waals surface area (Å²) in [6.45, 7) is -0.636. The van der Waals surface area contributed by atoms with Gasteiger partial charge in [-0.2, -0.15) is 0 Å². The highest BCUT2D eigenvalue weighted by atomic mass is 32.2. The summed E-state index contributed by atoms with van der Waals surface area (Å²) >= 11 is 1.37. The standard InChI is InChI=1S/C28H30O11S/c29-11-20-22(33)23(34)24(35)28(39-20)37-15-9-18(32)21-19(10-15)38-26(14-6-7-16(30)17(31)8-14)25(36)27(21)40-12-13-4-2-1-3-5-13/h1-10,20,22-36H,11-12H2/t20-,22-,23+,24-,25-,26-,27+,28-/m1/s1. The fraction of sp³-hybridized carbons (Fsp3) is 0.357. The van der Waals surface area contributed by atoms with Gasteiger partial charge in [0, 0.05) is 17.9 Å². The van der Waals surface area contributed by atoms with E-state index in [4.69, 9.17) is 14.2 Å². The Bertz CT molecular complexity index is 1320. The second-order valence-electron chi connectivity index (χ2n) is 9.66. The molecule has 0 radical (unpaired) electrons. The Kier molecular flexibility index (Phi) is 8.29. The number of phenols is 3. The molecule has 0 unspecified atom stereocenters. The predicted octanol–water partition coefficient (Wildman–Crippen LogP) is 1.45. The zero-order valence-electron chi connectivity index (χ0n) is 21.0. The number of benzene rings is 3. The van der Waals surface area contributed by atoms with Crippen molar-refractivity contribution in [3.8, 4) is 28.7 Å². The fourth-order valence-corrected chi connectivity index (χ4v) is 6.11. The first-order chi connectivity index (χ1) is 19.2. The Morgan fingerprint density at radius 1 is 0.775 bits per heavy atom. The number of aliphatic hydroxyl groups excluding tert-OH is 5. The lowest BCUT2D eigenvalue weighted by Crippen LogP contribution is -2.60. The van der Waals surface area contributed by atoms with E-state index in [0.29, 0.717) is 16.9 Å². The van der Waals surface area contributed by atoms with Crippen LogP contribution in [0.3, 0.4) is 0 Å². The van der Waals surface area contributed by atoms with E-state index < -0.39 is 60.5 Å². The number of aliphatic hydroxyl groups is 5. The molecule has 5 rings (SSSR count). The molecule has 12 heteroatoms. The van der Waals surface area contributed by atoms with E-state index in [1.165, 1.54) is 42.1 Å². The monoisotopic (exact) mass is 574 g/mol. The van der Waals surface area contributed by atoms with Crippen LogP contribution in [0.2, 0.25) is 0 Å². The van der Waals surface area contributed by atoms with Gasteiger partial charge in [0.1, 0.15) is 47.8 Å². The number of hydrogen-bond acceptors (Lipinski definition) is 12. The number of phenolic OH excluding ortho intramolecular Hbond substituents is 3. The average molecular weight is 575 g/mol. The Hall–Kier alpha value is -3.23. The highest BCUT2D eigenvalue weighted by molar-refractivity contribution is 7.98. The molecule has 3 aromatic rings. The second kappa shape index (κ2) is 11.7. The van der Waals surface area contributed by atoms with Crippen LogP contribution in [0.4, 0.5) is 0 Å². The van der Waals surface area contributed by atoms with Gasteiger partial charge in [-0.3, -0.25) is 0 Å². The molecule has 1 saturated heterocycles. The van der Waals surface area contributed by atoms with E-state index in [9.17, 15) is 40.9 Å². The Labute approximate surface area is 233 Å². The van der Waals surface area contributed by atoms with E-state index in [-0.39, 0.29) is 23.0 Å². The van der Waals surface area contributed by atoms with Crippen molar-refractivity contribution in [1.82, 2.24) is 0 Å². The van der Waals surface area contributed by atoms with E-state index in [0.717, 1.165) is 5.56 Å². The van der Waals surface area contributed by atoms with Crippen LogP contribution in [-0.4, -0.2) is 84.3 Å². The minimum atomic E-state index is -1.67. The van der Waals surface area contributed by atoms with Crippen LogP contribution in [0.5, 0.6) is 28.7 Å². The van der Waals surface area contributed by atoms with Crippen molar-refractivity contribution in [3.63, 3.8) is 0 Å². The maximum Gasteiger partial charge on any atom is 0.229 e. The molecule has 2 aliphatic heterocycles. The number of aromatic hydroxyl groups is 3. The van der Waals surface area contributed by atoms with Crippen molar-refractivity contribution < 1.29 is 55.1 Å². The zero-order chi connectivity index (χ0) is 28.6. The third-order valence-electron chi connectivity index (χ3n) is 6.95. The molecule has 0 amide bonds. The minimum absolute atomic E-state index is 0.0175. The molecule has 8 atom stereocenters. The number of rotatable bonds is 7. The molecular formula is C28H30O11S. The van der Waals surface area contributed by atoms with Gasteiger partial charge in [0.15, 0.2) is 17.6 Å². The van der Waals surface area contributed by atoms with Gasteiger partial charge in [-0.25, -0.2) is 0 Å². The SMILES string of the molecule is OC[C@H]1O[C@@H](Oc2cc(O)c3c(c2)O[C@H](c2ccc(O)c(O)c2)[C@@H](O)[C@H]3SCc2ccccc2)[C@H](O)[C@@H](O)[C@@H]1O. The topological polar surface area (TPSA) is 190 Å². The number of fused-ring (bicyclic) bond motifs is 1. The first-order valence-corrected chi connectivity index (χ1v) is 13.6. The largest absolute Gasteiger partial charge is 0.507 e. The zero-order valence-corrected chi connectivity index (χ0v) is 21.8. The van der Waals surface area contributed by atoms with Gasteiger partial charge in [0.25, 0.3) is 0 Å². The van der Waals surface area contributed by atoms with Gasteiger partial charge >= 0.3 is 0 Å². The molecule has 40 heavy (non-hydrogen) atoms. The number of thioether (sulfide) groups is 1. The summed E-state index contributed by atoms with van der Waals surface area (Å²) < 4.78 is 17.2. The van der Waals surface area contributed by atoms with Crippen molar-refractivity contribution in [2.45, 2.75) is 53.9 Å². The molecule has 0 bridgehead atoms.